The van der Waals surface area contributed by atoms with Crippen molar-refractivity contribution >= 4 is 0 Å². The lowest BCUT2D eigenvalue weighted by molar-refractivity contribution is -0.409. The molecule has 5 fully saturated rings. The SMILES string of the molecule is COCO[C@H]1C[C@H]2OC(C)(C)OC[C@]23C2C(CC[C@]3(O)C1)[C@@]1(OCOC)CC[C@H](CN=[N+]=[N-])[C@@]1(C)C[C@H]2OCOC. The molecule has 0 aromatic carbocycles. The van der Waals surface area contributed by atoms with Gasteiger partial charge in [0.25, 0.3) is 0 Å². The zero-order valence-electron chi connectivity index (χ0n) is 25.5. The summed E-state index contributed by atoms with van der Waals surface area (Å²) in [6, 6.07) is 0. The molecular weight excluding hydrogens is 534 g/mol. The molecule has 4 aliphatic carbocycles. The van der Waals surface area contributed by atoms with Crippen LogP contribution in [0.1, 0.15) is 65.7 Å². The van der Waals surface area contributed by atoms with E-state index >= 15 is 0 Å². The van der Waals surface area contributed by atoms with Gasteiger partial charge in [-0.2, -0.15) is 0 Å². The predicted octanol–water partition coefficient (Wildman–Crippen LogP) is 4.14. The molecule has 2 unspecified atom stereocenters. The normalized spacial score (nSPS) is 46.5. The van der Waals surface area contributed by atoms with Crippen molar-refractivity contribution in [2.24, 2.45) is 33.7 Å². The van der Waals surface area contributed by atoms with Gasteiger partial charge in [-0.25, -0.2) is 0 Å². The van der Waals surface area contributed by atoms with E-state index in [-0.39, 0.29) is 61.9 Å². The van der Waals surface area contributed by atoms with Gasteiger partial charge in [0.05, 0.1) is 41.5 Å². The topological polar surface area (TPSA) is 143 Å². The summed E-state index contributed by atoms with van der Waals surface area (Å²) in [5.74, 6) is -0.822. The molecule has 5 aliphatic rings. The highest BCUT2D eigenvalue weighted by Crippen LogP contribution is 2.72. The van der Waals surface area contributed by atoms with E-state index < -0.39 is 22.4 Å². The fourth-order valence-electron chi connectivity index (χ4n) is 9.83. The van der Waals surface area contributed by atoms with E-state index in [1.807, 2.05) is 13.8 Å². The van der Waals surface area contributed by atoms with Gasteiger partial charge in [0.2, 0.25) is 0 Å². The van der Waals surface area contributed by atoms with E-state index in [1.165, 1.54) is 0 Å². The van der Waals surface area contributed by atoms with Crippen molar-refractivity contribution in [3.63, 3.8) is 0 Å². The molecule has 1 aliphatic heterocycles. The van der Waals surface area contributed by atoms with E-state index in [9.17, 15) is 5.11 Å². The standard InChI is InChI=1S/C29H49N3O9/c1-25(2)39-15-28-23(41-25)11-20(37-16-34-4)12-27(28,33)9-8-21-24(28)22(38-17-35-5)13-26(3)19(14-31-32-30)7-10-29(21,26)40-18-36-6/h19-24,33H,7-18H2,1-6H3/t19-,20+,21?,22-,23-,24?,26-,27+,28-,29+/m1/s1. The number of fused-ring (bicyclic) bond motifs is 3. The first-order valence-electron chi connectivity index (χ1n) is 15.0. The molecule has 1 spiro atoms. The Morgan fingerprint density at radius 3 is 2.41 bits per heavy atom. The maximum Gasteiger partial charge on any atom is 0.163 e. The Bertz CT molecular complexity index is 981. The number of aliphatic hydroxyl groups is 1. The molecule has 5 rings (SSSR count). The number of hydrogen-bond donors (Lipinski definition) is 1. The second kappa shape index (κ2) is 11.8. The van der Waals surface area contributed by atoms with Crippen LogP contribution in [0.4, 0.5) is 0 Å². The Balaban J connectivity index is 1.63. The number of azide groups is 1. The Hall–Kier alpha value is -1.05. The second-order valence-corrected chi connectivity index (χ2v) is 13.5. The number of nitrogens with zero attached hydrogens (tertiary/aromatic N) is 3. The Morgan fingerprint density at radius 2 is 1.71 bits per heavy atom. The molecule has 0 aromatic heterocycles. The van der Waals surface area contributed by atoms with E-state index in [0.717, 1.165) is 19.3 Å². The van der Waals surface area contributed by atoms with Crippen LogP contribution in [0.15, 0.2) is 5.11 Å². The van der Waals surface area contributed by atoms with Gasteiger partial charge in [0.15, 0.2) is 5.79 Å². The van der Waals surface area contributed by atoms with E-state index in [2.05, 4.69) is 16.9 Å². The van der Waals surface area contributed by atoms with Crippen molar-refractivity contribution < 1.29 is 43.0 Å². The van der Waals surface area contributed by atoms with Crippen molar-refractivity contribution in [2.45, 2.75) is 101 Å². The Kier molecular flexibility index (Phi) is 9.03. The lowest BCUT2D eigenvalue weighted by Gasteiger charge is -2.71. The van der Waals surface area contributed by atoms with Crippen LogP contribution < -0.4 is 0 Å². The smallest absolute Gasteiger partial charge is 0.163 e. The van der Waals surface area contributed by atoms with Gasteiger partial charge in [0.1, 0.15) is 20.4 Å². The molecule has 0 aromatic rings. The van der Waals surface area contributed by atoms with E-state index in [1.54, 1.807) is 21.3 Å². The van der Waals surface area contributed by atoms with Crippen molar-refractivity contribution in [2.75, 3.05) is 54.9 Å². The lowest BCUT2D eigenvalue weighted by Crippen LogP contribution is -2.78. The maximum atomic E-state index is 12.7. The first-order valence-corrected chi connectivity index (χ1v) is 15.0. The van der Waals surface area contributed by atoms with Gasteiger partial charge < -0.3 is 43.0 Å². The predicted molar refractivity (Wildman–Crippen MR) is 146 cm³/mol. The third-order valence-corrected chi connectivity index (χ3v) is 11.4. The number of hydrogen-bond acceptors (Lipinski definition) is 10. The van der Waals surface area contributed by atoms with Crippen LogP contribution in [0, 0.1) is 28.6 Å². The largest absolute Gasteiger partial charge is 0.389 e. The van der Waals surface area contributed by atoms with Gasteiger partial charge in [0, 0.05) is 57.0 Å². The van der Waals surface area contributed by atoms with Crippen LogP contribution in [0.3, 0.4) is 0 Å². The average molecular weight is 584 g/mol. The monoisotopic (exact) mass is 583 g/mol. The van der Waals surface area contributed by atoms with E-state index in [0.29, 0.717) is 38.8 Å². The molecule has 41 heavy (non-hydrogen) atoms. The van der Waals surface area contributed by atoms with Crippen LogP contribution in [0.5, 0.6) is 0 Å². The highest BCUT2D eigenvalue weighted by atomic mass is 16.7. The molecule has 1 saturated heterocycles. The fraction of sp³-hybridized carbons (Fsp3) is 1.00. The second-order valence-electron chi connectivity index (χ2n) is 13.5. The summed E-state index contributed by atoms with van der Waals surface area (Å²) in [5.41, 5.74) is 6.38. The number of methoxy groups -OCH3 is 3. The fourth-order valence-corrected chi connectivity index (χ4v) is 9.83. The van der Waals surface area contributed by atoms with Crippen molar-refractivity contribution in [1.29, 1.82) is 0 Å². The van der Waals surface area contributed by atoms with Crippen LogP contribution in [0.2, 0.25) is 0 Å². The van der Waals surface area contributed by atoms with Crippen LogP contribution >= 0.6 is 0 Å². The lowest BCUT2D eigenvalue weighted by atomic mass is 9.40. The summed E-state index contributed by atoms with van der Waals surface area (Å²) in [6.45, 7) is 7.29. The molecule has 1 N–H and O–H groups in total. The summed E-state index contributed by atoms with van der Waals surface area (Å²) >= 11 is 0. The van der Waals surface area contributed by atoms with Crippen molar-refractivity contribution in [1.82, 2.24) is 0 Å². The van der Waals surface area contributed by atoms with Crippen LogP contribution in [-0.4, -0.2) is 95.3 Å². The van der Waals surface area contributed by atoms with E-state index in [4.69, 9.17) is 43.4 Å². The van der Waals surface area contributed by atoms with Crippen molar-refractivity contribution in [3.8, 4) is 0 Å². The summed E-state index contributed by atoms with van der Waals surface area (Å²) < 4.78 is 48.8. The Morgan fingerprint density at radius 1 is 0.976 bits per heavy atom. The average Bonchev–Trinajstić information content (AvgIpc) is 3.22. The molecule has 12 nitrogen and oxygen atoms in total. The maximum absolute atomic E-state index is 12.7. The number of rotatable bonds is 11. The van der Waals surface area contributed by atoms with Gasteiger partial charge in [-0.1, -0.05) is 12.0 Å². The minimum absolute atomic E-state index is 0.0157. The van der Waals surface area contributed by atoms with Gasteiger partial charge in [-0.05, 0) is 63.3 Å². The molecule has 0 amide bonds. The quantitative estimate of drug-likeness (QED) is 0.164. The first-order chi connectivity index (χ1) is 19.6. The van der Waals surface area contributed by atoms with Gasteiger partial charge >= 0.3 is 0 Å². The van der Waals surface area contributed by atoms with Crippen molar-refractivity contribution in [3.05, 3.63) is 10.4 Å². The summed E-state index contributed by atoms with van der Waals surface area (Å²) in [5, 5.41) is 16.7. The zero-order valence-corrected chi connectivity index (χ0v) is 25.5. The van der Waals surface area contributed by atoms with Gasteiger partial charge in [-0.3, -0.25) is 0 Å². The summed E-state index contributed by atoms with van der Waals surface area (Å²) in [6.07, 6.45) is 3.87. The van der Waals surface area contributed by atoms with Crippen LogP contribution in [0.25, 0.3) is 10.4 Å². The summed E-state index contributed by atoms with van der Waals surface area (Å²) in [4.78, 5) is 3.08. The highest BCUT2D eigenvalue weighted by Gasteiger charge is 2.77. The molecule has 0 radical (unpaired) electrons. The molecule has 10 atom stereocenters. The Labute approximate surface area is 243 Å². The minimum Gasteiger partial charge on any atom is -0.389 e. The first kappa shape index (κ1) is 31.4. The minimum atomic E-state index is -1.11. The third-order valence-electron chi connectivity index (χ3n) is 11.4. The molecular formula is C29H49N3O9. The third kappa shape index (κ3) is 4.92. The van der Waals surface area contributed by atoms with Gasteiger partial charge in [-0.15, -0.1) is 0 Å². The van der Waals surface area contributed by atoms with Crippen LogP contribution in [-0.2, 0) is 37.9 Å². The molecule has 4 saturated carbocycles. The molecule has 0 bridgehead atoms. The molecule has 12 heteroatoms. The highest BCUT2D eigenvalue weighted by molar-refractivity contribution is 5.25. The molecule has 1 heterocycles. The summed E-state index contributed by atoms with van der Waals surface area (Å²) in [7, 11) is 4.87. The molecule has 234 valence electrons. The number of ether oxygens (including phenoxy) is 8. The zero-order chi connectivity index (χ0) is 29.5.